The molecule has 166 valence electrons. The summed E-state index contributed by atoms with van der Waals surface area (Å²) in [5, 5.41) is 0.141. The summed E-state index contributed by atoms with van der Waals surface area (Å²) in [6.07, 6.45) is 3.54. The van der Waals surface area contributed by atoms with Crippen LogP contribution in [0.2, 0.25) is 18.1 Å². The Hall–Kier alpha value is -2.03. The van der Waals surface area contributed by atoms with Gasteiger partial charge in [-0.1, -0.05) is 32.9 Å². The third kappa shape index (κ3) is 5.24. The maximum atomic E-state index is 12.9. The van der Waals surface area contributed by atoms with Crippen LogP contribution in [-0.2, 0) is 4.43 Å². The molecule has 1 aromatic carbocycles. The van der Waals surface area contributed by atoms with E-state index < -0.39 is 8.32 Å². The van der Waals surface area contributed by atoms with Gasteiger partial charge in [-0.15, -0.1) is 0 Å². The van der Waals surface area contributed by atoms with Crippen molar-refractivity contribution < 1.29 is 9.22 Å². The van der Waals surface area contributed by atoms with Gasteiger partial charge >= 0.3 is 0 Å². The largest absolute Gasteiger partial charge is 0.412 e. The molecule has 0 saturated carbocycles. The van der Waals surface area contributed by atoms with Crippen LogP contribution >= 0.6 is 15.9 Å². The van der Waals surface area contributed by atoms with Crippen molar-refractivity contribution >= 4 is 41.3 Å². The second-order valence-corrected chi connectivity index (χ2v) is 15.1. The Kier molecular flexibility index (Phi) is 6.74. The topological polar surface area (TPSA) is 71.1 Å². The Balaban J connectivity index is 1.70. The van der Waals surface area contributed by atoms with E-state index in [1.807, 2.05) is 44.4 Å². The fourth-order valence-corrected chi connectivity index (χ4v) is 5.00. The maximum Gasteiger partial charge on any atom is 0.253 e. The van der Waals surface area contributed by atoms with Crippen molar-refractivity contribution in [3.63, 3.8) is 0 Å². The number of halogens is 1. The molecular formula is C23H31BrN4O2Si. The molecule has 2 heterocycles. The van der Waals surface area contributed by atoms with Crippen LogP contribution in [0.1, 0.15) is 38.1 Å². The number of carbonyl (C=O) groups is 1. The number of benzene rings is 1. The Labute approximate surface area is 193 Å². The van der Waals surface area contributed by atoms with Gasteiger partial charge in [0.25, 0.3) is 5.91 Å². The lowest BCUT2D eigenvalue weighted by atomic mass is 10.1. The van der Waals surface area contributed by atoms with E-state index in [4.69, 9.17) is 4.43 Å². The smallest absolute Gasteiger partial charge is 0.253 e. The molecule has 3 aromatic rings. The Bertz CT molecular complexity index is 1070. The van der Waals surface area contributed by atoms with Crippen LogP contribution in [0.25, 0.3) is 22.3 Å². The molecule has 1 amide bonds. The molecule has 0 aliphatic carbocycles. The minimum Gasteiger partial charge on any atom is -0.412 e. The van der Waals surface area contributed by atoms with Crippen molar-refractivity contribution in [3.8, 4) is 11.1 Å². The lowest BCUT2D eigenvalue weighted by Gasteiger charge is -2.39. The van der Waals surface area contributed by atoms with E-state index in [0.29, 0.717) is 16.7 Å². The highest BCUT2D eigenvalue weighted by Crippen LogP contribution is 2.37. The average Bonchev–Trinajstić information content (AvgIpc) is 3.09. The van der Waals surface area contributed by atoms with Gasteiger partial charge in [0, 0.05) is 30.9 Å². The van der Waals surface area contributed by atoms with Gasteiger partial charge in [0.05, 0.1) is 12.3 Å². The van der Waals surface area contributed by atoms with E-state index in [-0.39, 0.29) is 17.0 Å². The molecule has 2 aromatic heterocycles. The van der Waals surface area contributed by atoms with E-state index in [2.05, 4.69) is 64.7 Å². The maximum absolute atomic E-state index is 12.9. The number of hydrogen-bond donors (Lipinski definition) is 1. The molecule has 0 saturated heterocycles. The van der Waals surface area contributed by atoms with Crippen LogP contribution in [0.5, 0.6) is 0 Å². The molecule has 8 heteroatoms. The van der Waals surface area contributed by atoms with E-state index in [0.717, 1.165) is 22.3 Å². The second-order valence-electron chi connectivity index (χ2n) is 9.54. The number of amides is 1. The van der Waals surface area contributed by atoms with Crippen molar-refractivity contribution in [2.45, 2.75) is 51.9 Å². The van der Waals surface area contributed by atoms with Gasteiger partial charge in [-0.2, -0.15) is 0 Å². The van der Waals surface area contributed by atoms with Gasteiger partial charge in [-0.05, 0) is 58.7 Å². The molecule has 1 N–H and O–H groups in total. The summed E-state index contributed by atoms with van der Waals surface area (Å²) < 4.78 is 7.09. The highest BCUT2D eigenvalue weighted by molar-refractivity contribution is 9.10. The number of aromatic amines is 1. The monoisotopic (exact) mass is 502 g/mol. The molecule has 1 atom stereocenters. The van der Waals surface area contributed by atoms with E-state index in [1.165, 1.54) is 0 Å². The van der Waals surface area contributed by atoms with Crippen LogP contribution < -0.4 is 0 Å². The fraction of sp³-hybridized carbons (Fsp3) is 0.435. The Morgan fingerprint density at radius 2 is 1.90 bits per heavy atom. The number of carbonyl (C=O) groups excluding carboxylic acids is 1. The van der Waals surface area contributed by atoms with Gasteiger partial charge in [0.15, 0.2) is 14.0 Å². The number of nitrogens with one attached hydrogen (secondary N) is 1. The number of nitrogens with zero attached hydrogens (tertiary/aromatic N) is 3. The zero-order valence-corrected chi connectivity index (χ0v) is 21.9. The average molecular weight is 504 g/mol. The van der Waals surface area contributed by atoms with Gasteiger partial charge in [-0.3, -0.25) is 4.79 Å². The number of aromatic nitrogens is 3. The molecule has 0 unspecified atom stereocenters. The van der Waals surface area contributed by atoms with Crippen LogP contribution in [0.15, 0.2) is 41.3 Å². The first-order valence-corrected chi connectivity index (χ1v) is 14.1. The summed E-state index contributed by atoms with van der Waals surface area (Å²) in [6, 6.07) is 7.61. The van der Waals surface area contributed by atoms with Crippen molar-refractivity contribution in [3.05, 3.63) is 46.8 Å². The zero-order valence-electron chi connectivity index (χ0n) is 19.3. The number of likely N-dealkylation sites (N-methyl/N-ethyl adjacent to an activating group) is 1. The molecule has 31 heavy (non-hydrogen) atoms. The molecular weight excluding hydrogens is 472 g/mol. The number of hydrogen-bond acceptors (Lipinski definition) is 4. The summed E-state index contributed by atoms with van der Waals surface area (Å²) in [4.78, 5) is 26.7. The van der Waals surface area contributed by atoms with Crippen LogP contribution in [-0.4, -0.2) is 53.8 Å². The first kappa shape index (κ1) is 23.6. The van der Waals surface area contributed by atoms with Crippen LogP contribution in [0.4, 0.5) is 0 Å². The van der Waals surface area contributed by atoms with E-state index in [1.54, 1.807) is 11.1 Å². The minimum absolute atomic E-state index is 0.0151. The van der Waals surface area contributed by atoms with Gasteiger partial charge < -0.3 is 14.3 Å². The first-order chi connectivity index (χ1) is 14.4. The third-order valence-electron chi connectivity index (χ3n) is 5.97. The molecule has 6 nitrogen and oxygen atoms in total. The standard InChI is InChI=1S/C23H31BrN4O2Si/c1-15(30-31(6,7)23(2,3)4)14-28(5)22(29)17-10-8-16(9-11-17)18-12-25-21-20(18)27-19(24)13-26-21/h8-13,15H,14H2,1-7H3,(H,25,26)/t15-/m0/s1. The fourth-order valence-electron chi connectivity index (χ4n) is 3.29. The molecule has 0 aliphatic heterocycles. The first-order valence-electron chi connectivity index (χ1n) is 10.4. The molecule has 0 spiro atoms. The third-order valence-corrected chi connectivity index (χ3v) is 11.0. The van der Waals surface area contributed by atoms with Gasteiger partial charge in [0.1, 0.15) is 10.1 Å². The quantitative estimate of drug-likeness (QED) is 0.427. The summed E-state index contributed by atoms with van der Waals surface area (Å²) in [7, 11) is -0.0412. The Morgan fingerprint density at radius 3 is 2.52 bits per heavy atom. The lowest BCUT2D eigenvalue weighted by molar-refractivity contribution is 0.0714. The normalized spacial score (nSPS) is 13.4. The summed E-state index contributed by atoms with van der Waals surface area (Å²) in [6.45, 7) is 13.7. The molecule has 0 radical (unpaired) electrons. The number of fused-ring (bicyclic) bond motifs is 1. The molecule has 3 rings (SSSR count). The minimum atomic E-state index is -1.87. The van der Waals surface area contributed by atoms with Crippen molar-refractivity contribution in [1.82, 2.24) is 19.9 Å². The second kappa shape index (κ2) is 8.84. The van der Waals surface area contributed by atoms with E-state index >= 15 is 0 Å². The summed E-state index contributed by atoms with van der Waals surface area (Å²) in [5.41, 5.74) is 4.11. The van der Waals surface area contributed by atoms with Crippen molar-refractivity contribution in [2.24, 2.45) is 0 Å². The summed E-state index contributed by atoms with van der Waals surface area (Å²) >= 11 is 3.37. The van der Waals surface area contributed by atoms with Gasteiger partial charge in [-0.25, -0.2) is 9.97 Å². The Morgan fingerprint density at radius 1 is 1.26 bits per heavy atom. The SMILES string of the molecule is C[C@@H](CN(C)C(=O)c1ccc(-c2c[nH]c3ncc(Br)nc23)cc1)O[Si](C)(C)C(C)(C)C. The predicted octanol–water partition coefficient (Wildman–Crippen LogP) is 5.87. The van der Waals surface area contributed by atoms with Crippen molar-refractivity contribution in [1.29, 1.82) is 0 Å². The number of H-pyrrole nitrogens is 1. The van der Waals surface area contributed by atoms with Crippen LogP contribution in [0, 0.1) is 0 Å². The zero-order chi connectivity index (χ0) is 23.0. The molecule has 0 fully saturated rings. The number of rotatable bonds is 6. The predicted molar refractivity (Wildman–Crippen MR) is 132 cm³/mol. The van der Waals surface area contributed by atoms with Gasteiger partial charge in [0.2, 0.25) is 0 Å². The lowest BCUT2D eigenvalue weighted by Crippen LogP contribution is -2.46. The van der Waals surface area contributed by atoms with Crippen LogP contribution in [0.3, 0.4) is 0 Å². The highest BCUT2D eigenvalue weighted by Gasteiger charge is 2.38. The highest BCUT2D eigenvalue weighted by atomic mass is 79.9. The molecule has 0 bridgehead atoms. The molecule has 0 aliphatic rings. The summed E-state index contributed by atoms with van der Waals surface area (Å²) in [5.74, 6) is -0.0151. The van der Waals surface area contributed by atoms with E-state index in [9.17, 15) is 4.79 Å². The van der Waals surface area contributed by atoms with Crippen molar-refractivity contribution in [2.75, 3.05) is 13.6 Å².